The summed E-state index contributed by atoms with van der Waals surface area (Å²) in [5, 5.41) is 9.51. The van der Waals surface area contributed by atoms with Crippen LogP contribution in [0.4, 0.5) is 18.9 Å². The summed E-state index contributed by atoms with van der Waals surface area (Å²) >= 11 is 3.39. The largest absolute Gasteiger partial charge is 0.393 e. The number of alkyl halides is 3. The van der Waals surface area contributed by atoms with Gasteiger partial charge < -0.3 is 10.0 Å². The third kappa shape index (κ3) is 3.47. The molecule has 1 heterocycles. The first kappa shape index (κ1) is 15.6. The van der Waals surface area contributed by atoms with Gasteiger partial charge in [-0.05, 0) is 53.4 Å². The molecule has 0 radical (unpaired) electrons. The zero-order chi connectivity index (χ0) is 14.9. The Hall–Kier alpha value is -0.750. The summed E-state index contributed by atoms with van der Waals surface area (Å²) in [6, 6.07) is 5.28. The maximum atomic E-state index is 12.8. The number of piperidine rings is 1. The molecule has 1 aliphatic rings. The molecule has 1 aromatic carbocycles. The smallest absolute Gasteiger partial charge is 0.389 e. The van der Waals surface area contributed by atoms with Crippen LogP contribution in [-0.2, 0) is 0 Å². The van der Waals surface area contributed by atoms with Gasteiger partial charge in [0.1, 0.15) is 0 Å². The highest BCUT2D eigenvalue weighted by atomic mass is 79.9. The highest BCUT2D eigenvalue weighted by Crippen LogP contribution is 2.37. The van der Waals surface area contributed by atoms with Crippen LogP contribution in [0.25, 0.3) is 0 Å². The van der Waals surface area contributed by atoms with Crippen LogP contribution in [0.2, 0.25) is 0 Å². The van der Waals surface area contributed by atoms with E-state index in [-0.39, 0.29) is 13.0 Å². The SMILES string of the molecule is C[C@H](O)c1ccc(N2CCCC(C(F)(F)F)C2)c(Br)c1. The number of benzene rings is 1. The van der Waals surface area contributed by atoms with Crippen LogP contribution in [0.1, 0.15) is 31.4 Å². The summed E-state index contributed by atoms with van der Waals surface area (Å²) in [6.45, 7) is 2.28. The fraction of sp³-hybridized carbons (Fsp3) is 0.571. The lowest BCUT2D eigenvalue weighted by Crippen LogP contribution is -2.41. The molecule has 2 nitrogen and oxygen atoms in total. The first-order valence-electron chi connectivity index (χ1n) is 6.58. The molecule has 1 N–H and O–H groups in total. The van der Waals surface area contributed by atoms with E-state index in [1.165, 1.54) is 0 Å². The van der Waals surface area contributed by atoms with E-state index in [9.17, 15) is 18.3 Å². The molecule has 20 heavy (non-hydrogen) atoms. The molecule has 0 saturated carbocycles. The summed E-state index contributed by atoms with van der Waals surface area (Å²) in [7, 11) is 0. The molecule has 112 valence electrons. The lowest BCUT2D eigenvalue weighted by Gasteiger charge is -2.36. The Morgan fingerprint density at radius 1 is 1.40 bits per heavy atom. The summed E-state index contributed by atoms with van der Waals surface area (Å²) in [4.78, 5) is 1.76. The van der Waals surface area contributed by atoms with Crippen LogP contribution in [0.15, 0.2) is 22.7 Å². The molecule has 0 bridgehead atoms. The summed E-state index contributed by atoms with van der Waals surface area (Å²) < 4.78 is 39.2. The number of rotatable bonds is 2. The number of halogens is 4. The number of aliphatic hydroxyl groups is 1. The van der Waals surface area contributed by atoms with E-state index in [4.69, 9.17) is 0 Å². The van der Waals surface area contributed by atoms with Crippen LogP contribution < -0.4 is 4.90 Å². The number of nitrogens with zero attached hydrogens (tertiary/aromatic N) is 1. The van der Waals surface area contributed by atoms with Crippen molar-refractivity contribution in [1.29, 1.82) is 0 Å². The van der Waals surface area contributed by atoms with Crippen molar-refractivity contribution in [3.05, 3.63) is 28.2 Å². The molecule has 1 unspecified atom stereocenters. The molecule has 2 atom stereocenters. The normalized spacial score (nSPS) is 21.9. The first-order chi connectivity index (χ1) is 9.29. The predicted molar refractivity (Wildman–Crippen MR) is 75.8 cm³/mol. The van der Waals surface area contributed by atoms with Crippen LogP contribution in [0.3, 0.4) is 0 Å². The minimum Gasteiger partial charge on any atom is -0.389 e. The Kier molecular flexibility index (Phi) is 4.64. The topological polar surface area (TPSA) is 23.5 Å². The summed E-state index contributed by atoms with van der Waals surface area (Å²) in [6.07, 6.45) is -3.99. The highest BCUT2D eigenvalue weighted by Gasteiger charge is 2.42. The van der Waals surface area contributed by atoms with Crippen LogP contribution in [-0.4, -0.2) is 24.4 Å². The first-order valence-corrected chi connectivity index (χ1v) is 7.37. The van der Waals surface area contributed by atoms with Crippen LogP contribution >= 0.6 is 15.9 Å². The lowest BCUT2D eigenvalue weighted by molar-refractivity contribution is -0.175. The van der Waals surface area contributed by atoms with Gasteiger partial charge in [0.05, 0.1) is 17.7 Å². The van der Waals surface area contributed by atoms with E-state index < -0.39 is 18.2 Å². The number of anilines is 1. The minimum atomic E-state index is -4.13. The second-order valence-corrected chi connectivity index (χ2v) is 6.07. The van der Waals surface area contributed by atoms with E-state index in [0.29, 0.717) is 13.0 Å². The fourth-order valence-electron chi connectivity index (χ4n) is 2.50. The van der Waals surface area contributed by atoms with Gasteiger partial charge in [0.15, 0.2) is 0 Å². The van der Waals surface area contributed by atoms with E-state index >= 15 is 0 Å². The van der Waals surface area contributed by atoms with Crippen molar-refractivity contribution in [2.24, 2.45) is 5.92 Å². The summed E-state index contributed by atoms with van der Waals surface area (Å²) in [5.74, 6) is -1.26. The summed E-state index contributed by atoms with van der Waals surface area (Å²) in [5.41, 5.74) is 1.49. The average molecular weight is 352 g/mol. The number of hydrogen-bond acceptors (Lipinski definition) is 2. The Bertz CT molecular complexity index is 476. The van der Waals surface area contributed by atoms with E-state index in [1.54, 1.807) is 30.0 Å². The maximum absolute atomic E-state index is 12.8. The van der Waals surface area contributed by atoms with Crippen LogP contribution in [0.5, 0.6) is 0 Å². The van der Waals surface area contributed by atoms with Gasteiger partial charge in [-0.1, -0.05) is 6.07 Å². The quantitative estimate of drug-likeness (QED) is 0.859. The van der Waals surface area contributed by atoms with Gasteiger partial charge in [0.2, 0.25) is 0 Å². The minimum absolute atomic E-state index is 0.00384. The van der Waals surface area contributed by atoms with Gasteiger partial charge in [-0.3, -0.25) is 0 Å². The molecule has 1 fully saturated rings. The van der Waals surface area contributed by atoms with Gasteiger partial charge in [0.25, 0.3) is 0 Å². The molecular weight excluding hydrogens is 335 g/mol. The van der Waals surface area contributed by atoms with Gasteiger partial charge in [-0.25, -0.2) is 0 Å². The van der Waals surface area contributed by atoms with Gasteiger partial charge in [-0.15, -0.1) is 0 Å². The molecule has 1 saturated heterocycles. The fourth-order valence-corrected chi connectivity index (χ4v) is 3.15. The molecule has 1 aliphatic heterocycles. The van der Waals surface area contributed by atoms with Crippen molar-refractivity contribution in [2.45, 2.75) is 32.0 Å². The van der Waals surface area contributed by atoms with Crippen molar-refractivity contribution in [1.82, 2.24) is 0 Å². The Balaban J connectivity index is 2.19. The molecule has 6 heteroatoms. The van der Waals surface area contributed by atoms with Crippen molar-refractivity contribution in [3.63, 3.8) is 0 Å². The van der Waals surface area contributed by atoms with Crippen molar-refractivity contribution < 1.29 is 18.3 Å². The number of aliphatic hydroxyl groups excluding tert-OH is 1. The third-order valence-corrected chi connectivity index (χ3v) is 4.31. The second-order valence-electron chi connectivity index (χ2n) is 5.21. The second kappa shape index (κ2) is 5.93. The maximum Gasteiger partial charge on any atom is 0.393 e. The molecular formula is C14H17BrF3NO. The highest BCUT2D eigenvalue weighted by molar-refractivity contribution is 9.10. The van der Waals surface area contributed by atoms with E-state index in [0.717, 1.165) is 15.7 Å². The zero-order valence-electron chi connectivity index (χ0n) is 11.1. The predicted octanol–water partition coefficient (Wildman–Crippen LogP) is 4.28. The molecule has 1 aromatic rings. The standard InChI is InChI=1S/C14H17BrF3NO/c1-9(20)10-4-5-13(12(15)7-10)19-6-2-3-11(8-19)14(16,17)18/h4-5,7,9,11,20H,2-3,6,8H2,1H3/t9-,11?/m0/s1. The van der Waals surface area contributed by atoms with Crippen molar-refractivity contribution in [2.75, 3.05) is 18.0 Å². The van der Waals surface area contributed by atoms with Gasteiger partial charge in [0, 0.05) is 17.6 Å². The van der Waals surface area contributed by atoms with E-state index in [2.05, 4.69) is 15.9 Å². The third-order valence-electron chi connectivity index (χ3n) is 3.68. The Labute approximate surface area is 124 Å². The average Bonchev–Trinajstić information content (AvgIpc) is 2.37. The van der Waals surface area contributed by atoms with Crippen molar-refractivity contribution in [3.8, 4) is 0 Å². The van der Waals surface area contributed by atoms with E-state index in [1.807, 2.05) is 0 Å². The molecule has 0 aromatic heterocycles. The van der Waals surface area contributed by atoms with Gasteiger partial charge in [-0.2, -0.15) is 13.2 Å². The number of hydrogen-bond donors (Lipinski definition) is 1. The molecule has 0 aliphatic carbocycles. The zero-order valence-corrected chi connectivity index (χ0v) is 12.7. The monoisotopic (exact) mass is 351 g/mol. The lowest BCUT2D eigenvalue weighted by atomic mass is 9.97. The Morgan fingerprint density at radius 3 is 2.65 bits per heavy atom. The molecule has 2 rings (SSSR count). The van der Waals surface area contributed by atoms with Crippen LogP contribution in [0, 0.1) is 5.92 Å². The van der Waals surface area contributed by atoms with Gasteiger partial charge >= 0.3 is 6.18 Å². The Morgan fingerprint density at radius 2 is 2.10 bits per heavy atom. The molecule has 0 spiro atoms. The molecule has 0 amide bonds. The van der Waals surface area contributed by atoms with Crippen molar-refractivity contribution >= 4 is 21.6 Å².